The van der Waals surface area contributed by atoms with Crippen molar-refractivity contribution in [3.63, 3.8) is 0 Å². The van der Waals surface area contributed by atoms with Crippen LogP contribution in [-0.4, -0.2) is 60.8 Å². The summed E-state index contributed by atoms with van der Waals surface area (Å²) < 4.78 is 5.41. The van der Waals surface area contributed by atoms with Crippen molar-refractivity contribution in [2.45, 2.75) is 44.7 Å². The van der Waals surface area contributed by atoms with Crippen LogP contribution in [0.15, 0.2) is 0 Å². The molecule has 18 heavy (non-hydrogen) atoms. The molecule has 0 N–H and O–H groups in total. The third-order valence-electron chi connectivity index (χ3n) is 4.40. The van der Waals surface area contributed by atoms with Crippen molar-refractivity contribution < 1.29 is 4.74 Å². The van der Waals surface area contributed by atoms with Crippen LogP contribution in [0.25, 0.3) is 0 Å². The molecule has 0 saturated carbocycles. The van der Waals surface area contributed by atoms with E-state index >= 15 is 0 Å². The Morgan fingerprint density at radius 3 is 2.44 bits per heavy atom. The molecule has 0 aromatic heterocycles. The molecule has 0 spiro atoms. The lowest BCUT2D eigenvalue weighted by molar-refractivity contribution is -0.00814. The van der Waals surface area contributed by atoms with Gasteiger partial charge in [0.05, 0.1) is 19.3 Å². The zero-order valence-corrected chi connectivity index (χ0v) is 11.7. The summed E-state index contributed by atoms with van der Waals surface area (Å²) in [6, 6.07) is 3.22. The first-order valence-corrected chi connectivity index (χ1v) is 7.16. The van der Waals surface area contributed by atoms with E-state index in [1.807, 2.05) is 0 Å². The fourth-order valence-electron chi connectivity index (χ4n) is 3.15. The van der Waals surface area contributed by atoms with E-state index in [1.54, 1.807) is 0 Å². The maximum Gasteiger partial charge on any atom is 0.110 e. The maximum absolute atomic E-state index is 9.69. The average Bonchev–Trinajstić information content (AvgIpc) is 2.63. The number of rotatable bonds is 2. The molecule has 2 saturated heterocycles. The van der Waals surface area contributed by atoms with E-state index in [9.17, 15) is 5.26 Å². The molecule has 0 amide bonds. The molecule has 0 bridgehead atoms. The quantitative estimate of drug-likeness (QED) is 0.745. The predicted octanol–water partition coefficient (Wildman–Crippen LogP) is 1.48. The third-order valence-corrected chi connectivity index (χ3v) is 4.40. The van der Waals surface area contributed by atoms with Crippen LogP contribution in [0.5, 0.6) is 0 Å². The summed E-state index contributed by atoms with van der Waals surface area (Å²) in [7, 11) is 0. The molecular weight excluding hydrogens is 226 g/mol. The third kappa shape index (κ3) is 2.85. The number of nitriles is 1. The minimum atomic E-state index is -0.243. The summed E-state index contributed by atoms with van der Waals surface area (Å²) in [6.45, 7) is 10.0. The molecule has 0 aromatic carbocycles. The van der Waals surface area contributed by atoms with Gasteiger partial charge in [0, 0.05) is 25.7 Å². The van der Waals surface area contributed by atoms with Crippen molar-refractivity contribution in [2.75, 3.05) is 39.4 Å². The van der Waals surface area contributed by atoms with E-state index in [-0.39, 0.29) is 5.54 Å². The molecule has 1 atom stereocenters. The van der Waals surface area contributed by atoms with Crippen LogP contribution in [0, 0.1) is 11.3 Å². The van der Waals surface area contributed by atoms with Gasteiger partial charge in [0.15, 0.2) is 0 Å². The number of ether oxygens (including phenoxy) is 1. The molecular formula is C14H25N3O. The average molecular weight is 251 g/mol. The minimum absolute atomic E-state index is 0.243. The number of hydrogen-bond acceptors (Lipinski definition) is 4. The van der Waals surface area contributed by atoms with E-state index in [0.29, 0.717) is 6.04 Å². The molecule has 0 aromatic rings. The smallest absolute Gasteiger partial charge is 0.110 e. The fraction of sp³-hybridized carbons (Fsp3) is 0.929. The van der Waals surface area contributed by atoms with Crippen molar-refractivity contribution in [2.24, 2.45) is 0 Å². The molecule has 0 aliphatic carbocycles. The van der Waals surface area contributed by atoms with E-state index in [4.69, 9.17) is 4.74 Å². The van der Waals surface area contributed by atoms with Gasteiger partial charge in [0.25, 0.3) is 0 Å². The van der Waals surface area contributed by atoms with Gasteiger partial charge in [-0.3, -0.25) is 4.90 Å². The van der Waals surface area contributed by atoms with Crippen molar-refractivity contribution >= 4 is 0 Å². The van der Waals surface area contributed by atoms with Gasteiger partial charge in [-0.2, -0.15) is 5.26 Å². The second-order valence-electron chi connectivity index (χ2n) is 5.73. The van der Waals surface area contributed by atoms with Gasteiger partial charge in [-0.15, -0.1) is 0 Å². The molecule has 102 valence electrons. The Balaban J connectivity index is 2.05. The van der Waals surface area contributed by atoms with E-state index in [1.165, 1.54) is 0 Å². The number of hydrogen-bond donors (Lipinski definition) is 0. The molecule has 2 fully saturated rings. The largest absolute Gasteiger partial charge is 0.379 e. The Hall–Kier alpha value is -0.630. The molecule has 2 aliphatic rings. The minimum Gasteiger partial charge on any atom is -0.379 e. The summed E-state index contributed by atoms with van der Waals surface area (Å²) >= 11 is 0. The molecule has 1 unspecified atom stereocenters. The van der Waals surface area contributed by atoms with Crippen LogP contribution in [0.4, 0.5) is 0 Å². The van der Waals surface area contributed by atoms with E-state index < -0.39 is 0 Å². The molecule has 0 radical (unpaired) electrons. The Morgan fingerprint density at radius 1 is 1.11 bits per heavy atom. The van der Waals surface area contributed by atoms with Crippen molar-refractivity contribution in [1.82, 2.24) is 9.80 Å². The highest BCUT2D eigenvalue weighted by atomic mass is 16.5. The summed E-state index contributed by atoms with van der Waals surface area (Å²) in [5.41, 5.74) is -0.243. The Labute approximate surface area is 110 Å². The van der Waals surface area contributed by atoms with Crippen LogP contribution < -0.4 is 0 Å². The van der Waals surface area contributed by atoms with Gasteiger partial charge < -0.3 is 9.64 Å². The highest BCUT2D eigenvalue weighted by Crippen LogP contribution is 2.29. The lowest BCUT2D eigenvalue weighted by Gasteiger charge is -2.40. The second-order valence-corrected chi connectivity index (χ2v) is 5.73. The van der Waals surface area contributed by atoms with Crippen LogP contribution in [-0.2, 0) is 4.74 Å². The first kappa shape index (κ1) is 13.8. The fourth-order valence-corrected chi connectivity index (χ4v) is 3.15. The molecule has 4 heteroatoms. The van der Waals surface area contributed by atoms with Gasteiger partial charge in [-0.25, -0.2) is 0 Å². The zero-order valence-electron chi connectivity index (χ0n) is 11.7. The number of morpholine rings is 1. The van der Waals surface area contributed by atoms with E-state index in [0.717, 1.165) is 58.7 Å². The summed E-state index contributed by atoms with van der Waals surface area (Å²) in [5.74, 6) is 0. The Kier molecular flexibility index (Phi) is 4.60. The van der Waals surface area contributed by atoms with Gasteiger partial charge in [0.2, 0.25) is 0 Å². The number of nitrogens with zero attached hydrogens (tertiary/aromatic N) is 3. The Morgan fingerprint density at radius 2 is 1.83 bits per heavy atom. The molecule has 2 rings (SSSR count). The van der Waals surface area contributed by atoms with E-state index in [2.05, 4.69) is 29.7 Å². The van der Waals surface area contributed by atoms with Gasteiger partial charge in [-0.1, -0.05) is 0 Å². The second kappa shape index (κ2) is 6.01. The summed E-state index contributed by atoms with van der Waals surface area (Å²) in [6.07, 6.45) is 3.11. The monoisotopic (exact) mass is 251 g/mol. The highest BCUT2D eigenvalue weighted by Gasteiger charge is 2.39. The summed E-state index contributed by atoms with van der Waals surface area (Å²) in [4.78, 5) is 4.86. The maximum atomic E-state index is 9.69. The van der Waals surface area contributed by atoms with Gasteiger partial charge >= 0.3 is 0 Å². The highest BCUT2D eigenvalue weighted by molar-refractivity contribution is 5.10. The van der Waals surface area contributed by atoms with Crippen LogP contribution in [0.2, 0.25) is 0 Å². The SMILES string of the molecule is CC(C)N1CCCC(C#N)(N2CCOCC2)CC1. The predicted molar refractivity (Wildman–Crippen MR) is 71.3 cm³/mol. The molecule has 4 nitrogen and oxygen atoms in total. The zero-order chi connectivity index (χ0) is 13.0. The van der Waals surface area contributed by atoms with Crippen LogP contribution >= 0.6 is 0 Å². The van der Waals surface area contributed by atoms with Crippen molar-refractivity contribution in [3.8, 4) is 6.07 Å². The molecule has 2 heterocycles. The lowest BCUT2D eigenvalue weighted by Crippen LogP contribution is -2.53. The standard InChI is InChI=1S/C14H25N3O/c1-13(2)16-6-3-4-14(12-15,5-7-16)17-8-10-18-11-9-17/h13H,3-11H2,1-2H3. The van der Waals surface area contributed by atoms with Crippen molar-refractivity contribution in [1.29, 1.82) is 5.26 Å². The lowest BCUT2D eigenvalue weighted by atomic mass is 9.89. The summed E-state index contributed by atoms with van der Waals surface area (Å²) in [5, 5.41) is 9.69. The topological polar surface area (TPSA) is 39.5 Å². The normalized spacial score (nSPS) is 32.1. The van der Waals surface area contributed by atoms with Crippen LogP contribution in [0.3, 0.4) is 0 Å². The Bertz CT molecular complexity index is 307. The van der Waals surface area contributed by atoms with Gasteiger partial charge in [-0.05, 0) is 39.7 Å². The van der Waals surface area contributed by atoms with Gasteiger partial charge in [0.1, 0.15) is 5.54 Å². The number of likely N-dealkylation sites (tertiary alicyclic amines) is 1. The first-order chi connectivity index (χ1) is 8.68. The first-order valence-electron chi connectivity index (χ1n) is 7.16. The molecule has 2 aliphatic heterocycles. The van der Waals surface area contributed by atoms with Crippen molar-refractivity contribution in [3.05, 3.63) is 0 Å². The van der Waals surface area contributed by atoms with Crippen LogP contribution in [0.1, 0.15) is 33.1 Å².